The third-order valence-corrected chi connectivity index (χ3v) is 2.72. The molecule has 1 aromatic heterocycles. The van der Waals surface area contributed by atoms with Crippen LogP contribution in [0.4, 0.5) is 5.69 Å². The average molecular weight is 235 g/mol. The van der Waals surface area contributed by atoms with Crippen molar-refractivity contribution < 1.29 is 9.53 Å². The largest absolute Gasteiger partial charge is 0.399 e. The Bertz CT molecular complexity index is 432. The molecule has 1 aliphatic heterocycles. The summed E-state index contributed by atoms with van der Waals surface area (Å²) in [6, 6.07) is 3.27. The molecule has 0 unspecified atom stereocenters. The molecule has 0 bridgehead atoms. The number of anilines is 1. The monoisotopic (exact) mass is 235 g/mol. The average Bonchev–Trinajstić information content (AvgIpc) is 2.26. The summed E-state index contributed by atoms with van der Waals surface area (Å²) in [4.78, 5) is 18.0. The van der Waals surface area contributed by atoms with Crippen molar-refractivity contribution in [1.82, 2.24) is 9.88 Å². The number of nitrogen functional groups attached to an aromatic ring is 1. The van der Waals surface area contributed by atoms with E-state index in [1.54, 1.807) is 23.2 Å². The van der Waals surface area contributed by atoms with Crippen LogP contribution in [0, 0.1) is 0 Å². The van der Waals surface area contributed by atoms with Gasteiger partial charge in [-0.2, -0.15) is 0 Å². The number of hydrogen-bond donors (Lipinski definition) is 1. The van der Waals surface area contributed by atoms with Crippen LogP contribution in [-0.2, 0) is 4.74 Å². The highest BCUT2D eigenvalue weighted by molar-refractivity contribution is 5.93. The molecule has 2 N–H and O–H groups in total. The number of amides is 1. The molecule has 0 aromatic carbocycles. The highest BCUT2D eigenvalue weighted by Gasteiger charge is 2.30. The zero-order chi connectivity index (χ0) is 12.5. The molecule has 1 fully saturated rings. The second kappa shape index (κ2) is 4.33. The Morgan fingerprint density at radius 3 is 3.00 bits per heavy atom. The summed E-state index contributed by atoms with van der Waals surface area (Å²) >= 11 is 0. The van der Waals surface area contributed by atoms with Gasteiger partial charge < -0.3 is 15.4 Å². The van der Waals surface area contributed by atoms with Crippen LogP contribution in [0.3, 0.4) is 0 Å². The fourth-order valence-corrected chi connectivity index (χ4v) is 1.92. The normalized spacial score (nSPS) is 19.1. The molecule has 1 amide bonds. The van der Waals surface area contributed by atoms with E-state index in [1.165, 1.54) is 0 Å². The van der Waals surface area contributed by atoms with Crippen molar-refractivity contribution in [3.05, 3.63) is 24.0 Å². The highest BCUT2D eigenvalue weighted by atomic mass is 16.5. The van der Waals surface area contributed by atoms with Gasteiger partial charge in [-0.1, -0.05) is 0 Å². The molecule has 0 radical (unpaired) electrons. The number of morpholine rings is 1. The second-order valence-corrected chi connectivity index (χ2v) is 4.81. The van der Waals surface area contributed by atoms with Gasteiger partial charge in [0.1, 0.15) is 5.69 Å². The van der Waals surface area contributed by atoms with Crippen LogP contribution in [0.5, 0.6) is 0 Å². The predicted octanol–water partition coefficient (Wildman–Crippen LogP) is 0.915. The van der Waals surface area contributed by atoms with Gasteiger partial charge in [0.15, 0.2) is 0 Å². The summed E-state index contributed by atoms with van der Waals surface area (Å²) in [5.74, 6) is -0.0892. The molecule has 1 aromatic rings. The maximum absolute atomic E-state index is 12.2. The van der Waals surface area contributed by atoms with Crippen LogP contribution < -0.4 is 5.73 Å². The minimum absolute atomic E-state index is 0.0892. The van der Waals surface area contributed by atoms with Gasteiger partial charge in [-0.3, -0.25) is 9.78 Å². The van der Waals surface area contributed by atoms with Crippen molar-refractivity contribution in [2.45, 2.75) is 19.4 Å². The molecule has 2 heterocycles. The van der Waals surface area contributed by atoms with E-state index in [0.29, 0.717) is 31.1 Å². The molecule has 0 aliphatic carbocycles. The summed E-state index contributed by atoms with van der Waals surface area (Å²) in [6.07, 6.45) is 1.55. The second-order valence-electron chi connectivity index (χ2n) is 4.81. The molecule has 0 saturated carbocycles. The van der Waals surface area contributed by atoms with Crippen molar-refractivity contribution in [2.24, 2.45) is 0 Å². The number of carbonyl (C=O) groups excluding carboxylic acids is 1. The van der Waals surface area contributed by atoms with Gasteiger partial charge in [0, 0.05) is 25.0 Å². The number of rotatable bonds is 1. The third kappa shape index (κ3) is 2.74. The van der Waals surface area contributed by atoms with E-state index in [9.17, 15) is 4.79 Å². The smallest absolute Gasteiger partial charge is 0.272 e. The Morgan fingerprint density at radius 1 is 1.59 bits per heavy atom. The molecule has 5 nitrogen and oxygen atoms in total. The molecule has 0 atom stereocenters. The van der Waals surface area contributed by atoms with Crippen molar-refractivity contribution in [3.8, 4) is 0 Å². The number of hydrogen-bond acceptors (Lipinski definition) is 4. The lowest BCUT2D eigenvalue weighted by Crippen LogP contribution is -2.50. The lowest BCUT2D eigenvalue weighted by atomic mass is 10.1. The van der Waals surface area contributed by atoms with E-state index in [0.717, 1.165) is 0 Å². The fraction of sp³-hybridized carbons (Fsp3) is 0.500. The molecule has 2 rings (SSSR count). The summed E-state index contributed by atoms with van der Waals surface area (Å²) in [6.45, 7) is 5.67. The minimum atomic E-state index is -0.297. The van der Waals surface area contributed by atoms with Crippen molar-refractivity contribution in [1.29, 1.82) is 0 Å². The fourth-order valence-electron chi connectivity index (χ4n) is 1.92. The van der Waals surface area contributed by atoms with Crippen molar-refractivity contribution in [3.63, 3.8) is 0 Å². The maximum atomic E-state index is 12.2. The molecule has 1 saturated heterocycles. The van der Waals surface area contributed by atoms with Crippen LogP contribution >= 0.6 is 0 Å². The van der Waals surface area contributed by atoms with Crippen LogP contribution in [0.15, 0.2) is 18.3 Å². The lowest BCUT2D eigenvalue weighted by Gasteiger charge is -2.37. The van der Waals surface area contributed by atoms with E-state index in [-0.39, 0.29) is 11.5 Å². The van der Waals surface area contributed by atoms with Crippen LogP contribution in [-0.4, -0.2) is 41.1 Å². The van der Waals surface area contributed by atoms with E-state index in [1.807, 2.05) is 13.8 Å². The number of pyridine rings is 1. The zero-order valence-electron chi connectivity index (χ0n) is 10.1. The van der Waals surface area contributed by atoms with Crippen LogP contribution in [0.2, 0.25) is 0 Å². The summed E-state index contributed by atoms with van der Waals surface area (Å²) < 4.78 is 5.57. The van der Waals surface area contributed by atoms with Gasteiger partial charge in [-0.15, -0.1) is 0 Å². The van der Waals surface area contributed by atoms with E-state index in [2.05, 4.69) is 4.98 Å². The molecule has 5 heteroatoms. The first-order valence-electron chi connectivity index (χ1n) is 5.63. The molecular weight excluding hydrogens is 218 g/mol. The molecule has 0 spiro atoms. The van der Waals surface area contributed by atoms with E-state index < -0.39 is 0 Å². The number of nitrogens with two attached hydrogens (primary N) is 1. The number of nitrogens with zero attached hydrogens (tertiary/aromatic N) is 2. The van der Waals surface area contributed by atoms with Gasteiger partial charge in [0.2, 0.25) is 0 Å². The van der Waals surface area contributed by atoms with Crippen LogP contribution in [0.25, 0.3) is 0 Å². The molecule has 92 valence electrons. The first-order chi connectivity index (χ1) is 7.98. The molecular formula is C12H17N3O2. The van der Waals surface area contributed by atoms with Gasteiger partial charge in [0.05, 0.1) is 12.2 Å². The van der Waals surface area contributed by atoms with Gasteiger partial charge in [-0.25, -0.2) is 0 Å². The SMILES string of the molecule is CC1(C)CN(C(=O)c2cc(N)ccn2)CCO1. The Kier molecular flexibility index (Phi) is 3.02. The highest BCUT2D eigenvalue weighted by Crippen LogP contribution is 2.18. The minimum Gasteiger partial charge on any atom is -0.399 e. The first-order valence-corrected chi connectivity index (χ1v) is 5.63. The van der Waals surface area contributed by atoms with Gasteiger partial charge >= 0.3 is 0 Å². The van der Waals surface area contributed by atoms with Gasteiger partial charge in [-0.05, 0) is 26.0 Å². The third-order valence-electron chi connectivity index (χ3n) is 2.72. The zero-order valence-corrected chi connectivity index (χ0v) is 10.1. The van der Waals surface area contributed by atoms with Crippen molar-refractivity contribution >= 4 is 11.6 Å². The predicted molar refractivity (Wildman–Crippen MR) is 64.6 cm³/mol. The molecule has 1 aliphatic rings. The summed E-state index contributed by atoms with van der Waals surface area (Å²) in [5, 5.41) is 0. The quantitative estimate of drug-likeness (QED) is 0.785. The Balaban J connectivity index is 2.15. The summed E-state index contributed by atoms with van der Waals surface area (Å²) in [7, 11) is 0. The van der Waals surface area contributed by atoms with Gasteiger partial charge in [0.25, 0.3) is 5.91 Å². The number of ether oxygens (including phenoxy) is 1. The standard InChI is InChI=1S/C12H17N3O2/c1-12(2)8-15(5-6-17-12)11(16)10-7-9(13)3-4-14-10/h3-4,7H,5-6,8H2,1-2H3,(H2,13,14). The van der Waals surface area contributed by atoms with E-state index >= 15 is 0 Å². The Labute approximate surface area is 101 Å². The lowest BCUT2D eigenvalue weighted by molar-refractivity contribution is -0.0765. The topological polar surface area (TPSA) is 68.5 Å². The maximum Gasteiger partial charge on any atom is 0.272 e. The summed E-state index contributed by atoms with van der Waals surface area (Å²) in [5.41, 5.74) is 6.29. The molecule has 17 heavy (non-hydrogen) atoms. The van der Waals surface area contributed by atoms with Crippen LogP contribution in [0.1, 0.15) is 24.3 Å². The number of carbonyl (C=O) groups is 1. The van der Waals surface area contributed by atoms with Crippen molar-refractivity contribution in [2.75, 3.05) is 25.4 Å². The Morgan fingerprint density at radius 2 is 2.35 bits per heavy atom. The number of aromatic nitrogens is 1. The van der Waals surface area contributed by atoms with E-state index in [4.69, 9.17) is 10.5 Å². The Hall–Kier alpha value is -1.62. The first kappa shape index (κ1) is 11.9.